The minimum atomic E-state index is -0.163. The first kappa shape index (κ1) is 19.2. The van der Waals surface area contributed by atoms with Crippen molar-refractivity contribution in [1.29, 1.82) is 0 Å². The molecule has 1 aliphatic rings. The number of nitrogens with zero attached hydrogens (tertiary/aromatic N) is 1. The highest BCUT2D eigenvalue weighted by atomic mass is 16.5. The highest BCUT2D eigenvalue weighted by Gasteiger charge is 2.28. The van der Waals surface area contributed by atoms with E-state index in [0.29, 0.717) is 0 Å². The molecule has 4 nitrogen and oxygen atoms in total. The van der Waals surface area contributed by atoms with Crippen LogP contribution in [-0.2, 0) is 11.2 Å². The highest BCUT2D eigenvalue weighted by molar-refractivity contribution is 5.91. The van der Waals surface area contributed by atoms with Gasteiger partial charge in [-0.05, 0) is 53.9 Å². The highest BCUT2D eigenvalue weighted by Crippen LogP contribution is 2.36. The largest absolute Gasteiger partial charge is 0.484 e. The van der Waals surface area contributed by atoms with Crippen molar-refractivity contribution in [2.75, 3.05) is 25.0 Å². The van der Waals surface area contributed by atoms with Crippen molar-refractivity contribution in [2.24, 2.45) is 0 Å². The van der Waals surface area contributed by atoms with Crippen LogP contribution in [0.5, 0.6) is 5.75 Å². The Morgan fingerprint density at radius 2 is 1.76 bits per heavy atom. The minimum absolute atomic E-state index is 0.0127. The second-order valence-corrected chi connectivity index (χ2v) is 7.26. The molecule has 29 heavy (non-hydrogen) atoms. The number of amides is 1. The summed E-state index contributed by atoms with van der Waals surface area (Å²) in [6, 6.07) is 26.5. The molecule has 1 aliphatic heterocycles. The number of benzene rings is 3. The smallest absolute Gasteiger partial charge is 0.262 e. The van der Waals surface area contributed by atoms with Crippen molar-refractivity contribution >= 4 is 11.6 Å². The van der Waals surface area contributed by atoms with Gasteiger partial charge in [-0.3, -0.25) is 9.69 Å². The van der Waals surface area contributed by atoms with Crippen LogP contribution in [0, 0.1) is 0 Å². The lowest BCUT2D eigenvalue weighted by molar-refractivity contribution is -0.118. The van der Waals surface area contributed by atoms with E-state index in [1.165, 1.54) is 16.7 Å². The number of carbonyl (C=O) groups excluding carboxylic acids is 1. The molecule has 1 N–H and O–H groups in total. The molecule has 1 amide bonds. The number of hydrogen-bond acceptors (Lipinski definition) is 3. The Balaban J connectivity index is 1.51. The molecule has 0 saturated carbocycles. The van der Waals surface area contributed by atoms with E-state index in [2.05, 4.69) is 59.6 Å². The van der Waals surface area contributed by atoms with Crippen LogP contribution in [0.25, 0.3) is 0 Å². The van der Waals surface area contributed by atoms with Crippen molar-refractivity contribution in [1.82, 2.24) is 4.90 Å². The maximum absolute atomic E-state index is 12.2. The molecule has 3 aromatic rings. The number of anilines is 1. The zero-order chi connectivity index (χ0) is 20.1. The van der Waals surface area contributed by atoms with Gasteiger partial charge in [-0.25, -0.2) is 0 Å². The summed E-state index contributed by atoms with van der Waals surface area (Å²) in [4.78, 5) is 14.7. The number of ether oxygens (including phenoxy) is 1. The normalized spacial score (nSPS) is 16.1. The van der Waals surface area contributed by atoms with Gasteiger partial charge in [-0.2, -0.15) is 0 Å². The molecule has 4 heteroatoms. The Morgan fingerprint density at radius 1 is 1.03 bits per heavy atom. The van der Waals surface area contributed by atoms with Crippen molar-refractivity contribution < 1.29 is 9.53 Å². The Hall–Kier alpha value is -3.11. The van der Waals surface area contributed by atoms with Crippen LogP contribution in [0.15, 0.2) is 78.9 Å². The molecule has 0 saturated heterocycles. The lowest BCUT2D eigenvalue weighted by atomic mass is 9.88. The number of fused-ring (bicyclic) bond motifs is 1. The minimum Gasteiger partial charge on any atom is -0.484 e. The summed E-state index contributed by atoms with van der Waals surface area (Å²) in [5, 5.41) is 2.85. The molecule has 148 valence electrons. The third kappa shape index (κ3) is 4.49. The van der Waals surface area contributed by atoms with E-state index >= 15 is 0 Å². The van der Waals surface area contributed by atoms with Gasteiger partial charge in [0.25, 0.3) is 5.91 Å². The van der Waals surface area contributed by atoms with Crippen LogP contribution in [0.2, 0.25) is 0 Å². The molecular weight excluding hydrogens is 360 g/mol. The summed E-state index contributed by atoms with van der Waals surface area (Å²) in [5.41, 5.74) is 4.68. The fraction of sp³-hybridized carbons (Fsp3) is 0.240. The quantitative estimate of drug-likeness (QED) is 0.669. The van der Waals surface area contributed by atoms with Crippen LogP contribution < -0.4 is 10.1 Å². The Bertz CT molecular complexity index is 957. The Labute approximate surface area is 172 Å². The Morgan fingerprint density at radius 3 is 2.48 bits per heavy atom. The number of carbonyl (C=O) groups is 1. The van der Waals surface area contributed by atoms with Crippen molar-refractivity contribution in [3.63, 3.8) is 0 Å². The summed E-state index contributed by atoms with van der Waals surface area (Å²) in [7, 11) is 0. The zero-order valence-electron chi connectivity index (χ0n) is 16.7. The summed E-state index contributed by atoms with van der Waals surface area (Å²) < 4.78 is 5.83. The van der Waals surface area contributed by atoms with E-state index in [1.54, 1.807) is 0 Å². The van der Waals surface area contributed by atoms with E-state index in [-0.39, 0.29) is 18.6 Å². The summed E-state index contributed by atoms with van der Waals surface area (Å²) >= 11 is 0. The molecule has 4 rings (SSSR count). The lowest BCUT2D eigenvalue weighted by Crippen LogP contribution is -2.35. The van der Waals surface area contributed by atoms with Gasteiger partial charge < -0.3 is 10.1 Å². The van der Waals surface area contributed by atoms with E-state index in [4.69, 9.17) is 4.74 Å². The molecule has 0 radical (unpaired) electrons. The monoisotopic (exact) mass is 386 g/mol. The molecule has 0 spiro atoms. The molecule has 0 aliphatic carbocycles. The Kier molecular flexibility index (Phi) is 5.92. The second-order valence-electron chi connectivity index (χ2n) is 7.26. The van der Waals surface area contributed by atoms with Crippen LogP contribution in [0.3, 0.4) is 0 Å². The van der Waals surface area contributed by atoms with E-state index in [1.807, 2.05) is 36.4 Å². The zero-order valence-corrected chi connectivity index (χ0v) is 16.7. The first-order valence-corrected chi connectivity index (χ1v) is 10.1. The molecule has 0 fully saturated rings. The number of rotatable bonds is 6. The van der Waals surface area contributed by atoms with Gasteiger partial charge in [0.05, 0.1) is 6.04 Å². The number of likely N-dealkylation sites (N-methyl/N-ethyl adjacent to an activating group) is 1. The van der Waals surface area contributed by atoms with E-state index in [9.17, 15) is 4.79 Å². The third-order valence-electron chi connectivity index (χ3n) is 5.39. The predicted molar refractivity (Wildman–Crippen MR) is 116 cm³/mol. The fourth-order valence-electron chi connectivity index (χ4n) is 3.97. The van der Waals surface area contributed by atoms with Crippen molar-refractivity contribution in [2.45, 2.75) is 19.4 Å². The van der Waals surface area contributed by atoms with Crippen molar-refractivity contribution in [3.8, 4) is 5.75 Å². The van der Waals surface area contributed by atoms with Gasteiger partial charge in [0.2, 0.25) is 0 Å². The first-order valence-electron chi connectivity index (χ1n) is 10.1. The molecule has 1 unspecified atom stereocenters. The number of hydrogen-bond donors (Lipinski definition) is 1. The van der Waals surface area contributed by atoms with Crippen LogP contribution >= 0.6 is 0 Å². The molecular formula is C25H26N2O2. The fourth-order valence-corrected chi connectivity index (χ4v) is 3.97. The SMILES string of the molecule is CCN1CCc2ccc(OCC(=O)Nc3ccccc3)cc2C1c1ccccc1. The predicted octanol–water partition coefficient (Wildman–Crippen LogP) is 4.67. The van der Waals surface area contributed by atoms with E-state index in [0.717, 1.165) is 30.9 Å². The lowest BCUT2D eigenvalue weighted by Gasteiger charge is -2.37. The van der Waals surface area contributed by atoms with Gasteiger partial charge in [0.1, 0.15) is 5.75 Å². The van der Waals surface area contributed by atoms with Gasteiger partial charge in [0, 0.05) is 12.2 Å². The van der Waals surface area contributed by atoms with Gasteiger partial charge >= 0.3 is 0 Å². The van der Waals surface area contributed by atoms with Crippen LogP contribution in [-0.4, -0.2) is 30.5 Å². The van der Waals surface area contributed by atoms with Gasteiger partial charge in [-0.15, -0.1) is 0 Å². The van der Waals surface area contributed by atoms with Crippen LogP contribution in [0.1, 0.15) is 29.7 Å². The van der Waals surface area contributed by atoms with E-state index < -0.39 is 0 Å². The van der Waals surface area contributed by atoms with Gasteiger partial charge in [-0.1, -0.05) is 61.5 Å². The maximum atomic E-state index is 12.2. The molecule has 0 aromatic heterocycles. The molecule has 0 bridgehead atoms. The summed E-state index contributed by atoms with van der Waals surface area (Å²) in [5.74, 6) is 0.564. The average molecular weight is 386 g/mol. The second kappa shape index (κ2) is 8.93. The first-order chi connectivity index (χ1) is 14.2. The number of nitrogens with one attached hydrogen (secondary N) is 1. The van der Waals surface area contributed by atoms with Crippen LogP contribution in [0.4, 0.5) is 5.69 Å². The molecule has 1 atom stereocenters. The van der Waals surface area contributed by atoms with Gasteiger partial charge in [0.15, 0.2) is 6.61 Å². The number of para-hydroxylation sites is 1. The standard InChI is InChI=1S/C25H26N2O2/c1-2-27-16-15-19-13-14-22(17-23(19)25(27)20-9-5-3-6-10-20)29-18-24(28)26-21-11-7-4-8-12-21/h3-14,17,25H,2,15-16,18H2,1H3,(H,26,28). The average Bonchev–Trinajstić information content (AvgIpc) is 2.78. The maximum Gasteiger partial charge on any atom is 0.262 e. The van der Waals surface area contributed by atoms with Crippen molar-refractivity contribution in [3.05, 3.63) is 95.6 Å². The summed E-state index contributed by atoms with van der Waals surface area (Å²) in [6.45, 7) is 4.22. The summed E-state index contributed by atoms with van der Waals surface area (Å²) in [6.07, 6.45) is 1.03. The molecule has 1 heterocycles. The molecule has 3 aromatic carbocycles. The topological polar surface area (TPSA) is 41.6 Å². The third-order valence-corrected chi connectivity index (χ3v) is 5.39.